The van der Waals surface area contributed by atoms with E-state index in [1.54, 1.807) is 12.0 Å². The van der Waals surface area contributed by atoms with Crippen molar-refractivity contribution in [2.24, 2.45) is 17.8 Å². The largest absolute Gasteiger partial charge is 0.496 e. The number of likely N-dealkylation sites (tertiary alicyclic amines) is 1. The average Bonchev–Trinajstić information content (AvgIpc) is 3.58. The number of nitrogens with one attached hydrogen (secondary N) is 2. The van der Waals surface area contributed by atoms with E-state index in [2.05, 4.69) is 17.6 Å². The Balaban J connectivity index is 1.35. The average molecular weight is 544 g/mol. The van der Waals surface area contributed by atoms with Gasteiger partial charge in [0.1, 0.15) is 17.4 Å². The molecule has 4 aliphatic rings. The molecule has 2 N–H and O–H groups in total. The van der Waals surface area contributed by atoms with Crippen molar-refractivity contribution in [3.05, 3.63) is 71.8 Å². The minimum Gasteiger partial charge on any atom is -0.496 e. The summed E-state index contributed by atoms with van der Waals surface area (Å²) in [6.45, 7) is 4.30. The maximum atomic E-state index is 14.3. The number of aryl methyl sites for hydroxylation is 1. The van der Waals surface area contributed by atoms with Crippen LogP contribution in [0.2, 0.25) is 0 Å². The molecule has 8 heteroatoms. The van der Waals surface area contributed by atoms with Gasteiger partial charge in [-0.1, -0.05) is 62.2 Å². The number of ether oxygens (including phenoxy) is 2. The van der Waals surface area contributed by atoms with Gasteiger partial charge in [0, 0.05) is 17.3 Å². The number of nitrogens with zero attached hydrogens (tertiary/aromatic N) is 1. The summed E-state index contributed by atoms with van der Waals surface area (Å²) in [6.07, 6.45) is 7.33. The monoisotopic (exact) mass is 543 g/mol. The summed E-state index contributed by atoms with van der Waals surface area (Å²) in [5.41, 5.74) is 1.27. The van der Waals surface area contributed by atoms with Crippen LogP contribution in [0.4, 0.5) is 5.69 Å². The maximum Gasteiger partial charge on any atom is 0.246 e. The van der Waals surface area contributed by atoms with Crippen LogP contribution >= 0.6 is 0 Å². The number of anilines is 1. The molecule has 2 bridgehead atoms. The van der Waals surface area contributed by atoms with E-state index in [4.69, 9.17) is 9.47 Å². The summed E-state index contributed by atoms with van der Waals surface area (Å²) < 4.78 is 12.1. The van der Waals surface area contributed by atoms with Crippen molar-refractivity contribution in [3.8, 4) is 5.75 Å². The van der Waals surface area contributed by atoms with E-state index in [9.17, 15) is 14.4 Å². The molecule has 0 unspecified atom stereocenters. The zero-order valence-electron chi connectivity index (χ0n) is 23.3. The van der Waals surface area contributed by atoms with Gasteiger partial charge >= 0.3 is 0 Å². The summed E-state index contributed by atoms with van der Waals surface area (Å²) in [7, 11) is 1.59. The third kappa shape index (κ3) is 4.38. The van der Waals surface area contributed by atoms with E-state index in [0.717, 1.165) is 36.8 Å². The van der Waals surface area contributed by atoms with Crippen LogP contribution in [0.3, 0.4) is 0 Å². The van der Waals surface area contributed by atoms with Crippen molar-refractivity contribution in [3.63, 3.8) is 0 Å². The molecule has 7 atom stereocenters. The van der Waals surface area contributed by atoms with Gasteiger partial charge in [-0.25, -0.2) is 0 Å². The number of para-hydroxylation sites is 1. The molecular formula is C32H37N3O5. The van der Waals surface area contributed by atoms with Crippen LogP contribution in [0.5, 0.6) is 5.75 Å². The minimum absolute atomic E-state index is 0.0444. The molecule has 3 aliphatic heterocycles. The summed E-state index contributed by atoms with van der Waals surface area (Å²) in [4.78, 5) is 43.7. The standard InChI is InChI=1S/C32H37N3O5/c1-19-9-8-12-22(17-19)33-29(36)26-25-15-16-32(40-25)27(26)31(38)35(18-21-11-5-7-14-24(21)39-3)28(32)30(37)34-23-13-6-4-10-20(23)2/h5,7-9,11-12,14-17,20,23,25-28H,4,6,10,13,18H2,1-3H3,(H,33,36)(H,34,37)/t20-,23-,25+,26+,27+,28-,32-/m0/s1. The second-order valence-electron chi connectivity index (χ2n) is 11.7. The minimum atomic E-state index is -1.21. The Morgan fingerprint density at radius 1 is 1.10 bits per heavy atom. The fourth-order valence-corrected chi connectivity index (χ4v) is 7.20. The number of hydrogen-bond donors (Lipinski definition) is 2. The SMILES string of the molecule is COc1ccccc1CN1C(=O)[C@H]2[C@H](C(=O)Nc3cccc(C)c3)[C@H]3C=C[C@@]2(O3)[C@@H]1C(=O)N[C@H]1CCCC[C@@H]1C. The number of carbonyl (C=O) groups excluding carboxylic acids is 3. The van der Waals surface area contributed by atoms with Crippen LogP contribution in [0, 0.1) is 24.7 Å². The van der Waals surface area contributed by atoms with E-state index in [-0.39, 0.29) is 30.3 Å². The Hall–Kier alpha value is -3.65. The molecule has 1 saturated carbocycles. The number of amides is 3. The molecule has 3 fully saturated rings. The van der Waals surface area contributed by atoms with Gasteiger partial charge in [0.2, 0.25) is 17.7 Å². The van der Waals surface area contributed by atoms with Crippen LogP contribution in [0.15, 0.2) is 60.7 Å². The first kappa shape index (κ1) is 26.6. The Morgan fingerprint density at radius 2 is 1.90 bits per heavy atom. The number of rotatable bonds is 7. The van der Waals surface area contributed by atoms with Gasteiger partial charge in [0.05, 0.1) is 31.6 Å². The van der Waals surface area contributed by atoms with Crippen molar-refractivity contribution in [1.82, 2.24) is 10.2 Å². The van der Waals surface area contributed by atoms with Crippen LogP contribution in [0.25, 0.3) is 0 Å². The second kappa shape index (κ2) is 10.4. The van der Waals surface area contributed by atoms with E-state index in [0.29, 0.717) is 17.4 Å². The lowest BCUT2D eigenvalue weighted by molar-refractivity contribution is -0.142. The second-order valence-corrected chi connectivity index (χ2v) is 11.7. The molecule has 3 heterocycles. The van der Waals surface area contributed by atoms with Crippen LogP contribution < -0.4 is 15.4 Å². The van der Waals surface area contributed by atoms with Crippen molar-refractivity contribution >= 4 is 23.4 Å². The van der Waals surface area contributed by atoms with Gasteiger partial charge in [-0.05, 0) is 49.4 Å². The molecule has 6 rings (SSSR count). The quantitative estimate of drug-likeness (QED) is 0.515. The van der Waals surface area contributed by atoms with E-state index in [1.165, 1.54) is 0 Å². The predicted octanol–water partition coefficient (Wildman–Crippen LogP) is 3.99. The first-order chi connectivity index (χ1) is 19.3. The smallest absolute Gasteiger partial charge is 0.246 e. The lowest BCUT2D eigenvalue weighted by Crippen LogP contribution is -2.57. The fourth-order valence-electron chi connectivity index (χ4n) is 7.20. The molecule has 3 amide bonds. The first-order valence-corrected chi connectivity index (χ1v) is 14.3. The molecule has 0 radical (unpaired) electrons. The van der Waals surface area contributed by atoms with Crippen LogP contribution in [0.1, 0.15) is 43.7 Å². The van der Waals surface area contributed by atoms with E-state index < -0.39 is 29.6 Å². The normalized spacial score (nSPS) is 32.2. The lowest BCUT2D eigenvalue weighted by Gasteiger charge is -2.36. The Labute approximate surface area is 235 Å². The Morgan fingerprint density at radius 3 is 2.67 bits per heavy atom. The van der Waals surface area contributed by atoms with Crippen molar-refractivity contribution in [1.29, 1.82) is 0 Å². The number of carbonyl (C=O) groups is 3. The third-order valence-corrected chi connectivity index (χ3v) is 9.18. The summed E-state index contributed by atoms with van der Waals surface area (Å²) >= 11 is 0. The highest BCUT2D eigenvalue weighted by molar-refractivity contribution is 6.02. The number of hydrogen-bond acceptors (Lipinski definition) is 5. The highest BCUT2D eigenvalue weighted by Gasteiger charge is 2.72. The van der Waals surface area contributed by atoms with E-state index >= 15 is 0 Å². The molecule has 40 heavy (non-hydrogen) atoms. The zero-order chi connectivity index (χ0) is 28.0. The van der Waals surface area contributed by atoms with E-state index in [1.807, 2.05) is 67.6 Å². The zero-order valence-corrected chi connectivity index (χ0v) is 23.3. The lowest BCUT2D eigenvalue weighted by atomic mass is 9.74. The molecular weight excluding hydrogens is 506 g/mol. The molecule has 1 aliphatic carbocycles. The summed E-state index contributed by atoms with van der Waals surface area (Å²) in [5, 5.41) is 6.27. The molecule has 2 aromatic carbocycles. The van der Waals surface area contributed by atoms with Crippen molar-refractivity contribution < 1.29 is 23.9 Å². The number of fused-ring (bicyclic) bond motifs is 1. The van der Waals surface area contributed by atoms with Crippen molar-refractivity contribution in [2.45, 2.75) is 69.9 Å². The molecule has 1 spiro atoms. The Bertz CT molecular complexity index is 1360. The summed E-state index contributed by atoms with van der Waals surface area (Å²) in [6, 6.07) is 14.2. The molecule has 2 saturated heterocycles. The van der Waals surface area contributed by atoms with Gasteiger partial charge < -0.3 is 25.0 Å². The molecule has 8 nitrogen and oxygen atoms in total. The highest BCUT2D eigenvalue weighted by atomic mass is 16.5. The molecule has 210 valence electrons. The van der Waals surface area contributed by atoms with Gasteiger partial charge in [0.15, 0.2) is 0 Å². The molecule has 2 aromatic rings. The third-order valence-electron chi connectivity index (χ3n) is 9.18. The topological polar surface area (TPSA) is 97.0 Å². The number of methoxy groups -OCH3 is 1. The predicted molar refractivity (Wildman–Crippen MR) is 150 cm³/mol. The fraction of sp³-hybridized carbons (Fsp3) is 0.469. The molecule has 0 aromatic heterocycles. The van der Waals surface area contributed by atoms with Gasteiger partial charge in [-0.15, -0.1) is 0 Å². The highest BCUT2D eigenvalue weighted by Crippen LogP contribution is 2.55. The van der Waals surface area contributed by atoms with Gasteiger partial charge in [-0.3, -0.25) is 14.4 Å². The van der Waals surface area contributed by atoms with Crippen molar-refractivity contribution in [2.75, 3.05) is 12.4 Å². The van der Waals surface area contributed by atoms with Gasteiger partial charge in [-0.2, -0.15) is 0 Å². The van der Waals surface area contributed by atoms with Crippen LogP contribution in [-0.4, -0.2) is 53.5 Å². The van der Waals surface area contributed by atoms with Crippen LogP contribution in [-0.2, 0) is 25.7 Å². The maximum absolute atomic E-state index is 14.3. The first-order valence-electron chi connectivity index (χ1n) is 14.3. The van der Waals surface area contributed by atoms with Gasteiger partial charge in [0.25, 0.3) is 0 Å². The number of benzene rings is 2. The Kier molecular flexibility index (Phi) is 6.90. The summed E-state index contributed by atoms with van der Waals surface area (Å²) in [5.74, 6) is -1.31.